The van der Waals surface area contributed by atoms with E-state index >= 15 is 0 Å². The van der Waals surface area contributed by atoms with Crippen LogP contribution < -0.4 is 5.32 Å². The maximum absolute atomic E-state index is 12.0. The van der Waals surface area contributed by atoms with Crippen molar-refractivity contribution in [2.24, 2.45) is 0 Å². The Balaban J connectivity index is 1.99. The first-order valence-corrected chi connectivity index (χ1v) is 10.4. The van der Waals surface area contributed by atoms with E-state index in [1.165, 1.54) is 18.2 Å². The molecular weight excluding hydrogens is 390 g/mol. The van der Waals surface area contributed by atoms with E-state index in [-0.39, 0.29) is 15.6 Å². The molecule has 0 fully saturated rings. The average Bonchev–Trinajstić information content (AvgIpc) is 2.60. The Morgan fingerprint density at radius 3 is 2.30 bits per heavy atom. The van der Waals surface area contributed by atoms with Crippen molar-refractivity contribution in [1.29, 1.82) is 0 Å². The fourth-order valence-corrected chi connectivity index (χ4v) is 3.05. The summed E-state index contributed by atoms with van der Waals surface area (Å²) in [6, 6.07) is 10.9. The maximum atomic E-state index is 12.0. The highest BCUT2D eigenvalue weighted by atomic mass is 35.5. The predicted octanol–water partition coefficient (Wildman–Crippen LogP) is 3.66. The van der Waals surface area contributed by atoms with Gasteiger partial charge in [-0.15, -0.1) is 0 Å². The minimum absolute atomic E-state index is 0.0180. The summed E-state index contributed by atoms with van der Waals surface area (Å²) in [5.41, 5.74) is 1.55. The molecule has 0 bridgehead atoms. The van der Waals surface area contributed by atoms with Crippen LogP contribution in [0.2, 0.25) is 5.02 Å². The SMILES string of the molecule is CC(C)c1ccc(C(=O)OCC(=O)Nc2cc(S(C)(=O)=O)ccc2Cl)cc1. The van der Waals surface area contributed by atoms with Crippen molar-refractivity contribution in [3.8, 4) is 0 Å². The van der Waals surface area contributed by atoms with Gasteiger partial charge in [0.25, 0.3) is 5.91 Å². The molecule has 0 aliphatic rings. The zero-order chi connectivity index (χ0) is 20.2. The van der Waals surface area contributed by atoms with E-state index in [0.29, 0.717) is 11.5 Å². The molecule has 0 saturated heterocycles. The molecule has 2 aromatic carbocycles. The molecule has 0 aliphatic carbocycles. The summed E-state index contributed by atoms with van der Waals surface area (Å²) in [6.45, 7) is 3.56. The van der Waals surface area contributed by atoms with Crippen LogP contribution in [0.25, 0.3) is 0 Å². The number of hydrogen-bond donors (Lipinski definition) is 1. The van der Waals surface area contributed by atoms with Gasteiger partial charge in [-0.1, -0.05) is 37.6 Å². The van der Waals surface area contributed by atoms with Gasteiger partial charge in [-0.3, -0.25) is 4.79 Å². The van der Waals surface area contributed by atoms with E-state index in [1.807, 2.05) is 26.0 Å². The number of anilines is 1. The van der Waals surface area contributed by atoms with Crippen molar-refractivity contribution in [2.45, 2.75) is 24.7 Å². The van der Waals surface area contributed by atoms with E-state index in [4.69, 9.17) is 16.3 Å². The van der Waals surface area contributed by atoms with Gasteiger partial charge in [-0.05, 0) is 41.8 Å². The Morgan fingerprint density at radius 2 is 1.74 bits per heavy atom. The van der Waals surface area contributed by atoms with E-state index in [0.717, 1.165) is 11.8 Å². The molecular formula is C19H20ClNO5S. The number of halogens is 1. The van der Waals surface area contributed by atoms with Gasteiger partial charge < -0.3 is 10.1 Å². The van der Waals surface area contributed by atoms with E-state index in [9.17, 15) is 18.0 Å². The number of amides is 1. The third-order valence-corrected chi connectivity index (χ3v) is 5.23. The van der Waals surface area contributed by atoms with E-state index in [2.05, 4.69) is 5.32 Å². The predicted molar refractivity (Wildman–Crippen MR) is 104 cm³/mol. The van der Waals surface area contributed by atoms with Gasteiger partial charge in [0.05, 0.1) is 21.2 Å². The zero-order valence-electron chi connectivity index (χ0n) is 15.2. The lowest BCUT2D eigenvalue weighted by atomic mass is 10.0. The molecule has 144 valence electrons. The number of carbonyl (C=O) groups excluding carboxylic acids is 2. The summed E-state index contributed by atoms with van der Waals surface area (Å²) < 4.78 is 28.2. The Bertz CT molecular complexity index is 953. The molecule has 8 heteroatoms. The fourth-order valence-electron chi connectivity index (χ4n) is 2.24. The first-order valence-electron chi connectivity index (χ1n) is 8.14. The largest absolute Gasteiger partial charge is 0.452 e. The van der Waals surface area contributed by atoms with Crippen LogP contribution in [0.15, 0.2) is 47.4 Å². The van der Waals surface area contributed by atoms with Gasteiger partial charge in [0, 0.05) is 6.26 Å². The van der Waals surface area contributed by atoms with Crippen LogP contribution in [0.4, 0.5) is 5.69 Å². The molecule has 0 saturated carbocycles. The van der Waals surface area contributed by atoms with Gasteiger partial charge in [0.15, 0.2) is 16.4 Å². The van der Waals surface area contributed by atoms with Crippen molar-refractivity contribution < 1.29 is 22.7 Å². The van der Waals surface area contributed by atoms with Gasteiger partial charge in [0.2, 0.25) is 0 Å². The number of rotatable bonds is 6. The third-order valence-electron chi connectivity index (χ3n) is 3.79. The summed E-state index contributed by atoms with van der Waals surface area (Å²) in [7, 11) is -3.44. The lowest BCUT2D eigenvalue weighted by Gasteiger charge is -2.10. The van der Waals surface area contributed by atoms with Gasteiger partial charge in [-0.25, -0.2) is 13.2 Å². The highest BCUT2D eigenvalue weighted by molar-refractivity contribution is 7.90. The van der Waals surface area contributed by atoms with Crippen molar-refractivity contribution in [3.63, 3.8) is 0 Å². The first kappa shape index (κ1) is 20.9. The zero-order valence-corrected chi connectivity index (χ0v) is 16.7. The topological polar surface area (TPSA) is 89.5 Å². The number of nitrogens with one attached hydrogen (secondary N) is 1. The lowest BCUT2D eigenvalue weighted by molar-refractivity contribution is -0.119. The summed E-state index contributed by atoms with van der Waals surface area (Å²) in [6.07, 6.45) is 1.05. The number of carbonyl (C=O) groups is 2. The second kappa shape index (κ2) is 8.54. The summed E-state index contributed by atoms with van der Waals surface area (Å²) in [5.74, 6) is -0.917. The smallest absolute Gasteiger partial charge is 0.338 e. The third kappa shape index (κ3) is 5.80. The molecule has 1 N–H and O–H groups in total. The fraction of sp³-hybridized carbons (Fsp3) is 0.263. The minimum atomic E-state index is -3.44. The Morgan fingerprint density at radius 1 is 1.11 bits per heavy atom. The molecule has 27 heavy (non-hydrogen) atoms. The second-order valence-corrected chi connectivity index (χ2v) is 8.74. The van der Waals surface area contributed by atoms with Crippen LogP contribution in [-0.2, 0) is 19.4 Å². The second-order valence-electron chi connectivity index (χ2n) is 6.31. The summed E-state index contributed by atoms with van der Waals surface area (Å²) in [5, 5.41) is 2.61. The number of esters is 1. The molecule has 0 radical (unpaired) electrons. The van der Waals surface area contributed by atoms with Crippen LogP contribution in [0.3, 0.4) is 0 Å². The van der Waals surface area contributed by atoms with Crippen LogP contribution >= 0.6 is 11.6 Å². The molecule has 0 aliphatic heterocycles. The molecule has 0 aromatic heterocycles. The first-order chi connectivity index (χ1) is 12.6. The van der Waals surface area contributed by atoms with E-state index < -0.39 is 28.3 Å². The van der Waals surface area contributed by atoms with Crippen LogP contribution in [0.5, 0.6) is 0 Å². The molecule has 6 nitrogen and oxygen atoms in total. The van der Waals surface area contributed by atoms with Gasteiger partial charge >= 0.3 is 5.97 Å². The molecule has 1 amide bonds. The summed E-state index contributed by atoms with van der Waals surface area (Å²) >= 11 is 5.97. The standard InChI is InChI=1S/C19H20ClNO5S/c1-12(2)13-4-6-14(7-5-13)19(23)26-11-18(22)21-17-10-15(27(3,24)25)8-9-16(17)20/h4-10,12H,11H2,1-3H3,(H,21,22). The van der Waals surface area contributed by atoms with Gasteiger partial charge in [-0.2, -0.15) is 0 Å². The Labute approximate surface area is 163 Å². The molecule has 0 unspecified atom stereocenters. The Kier molecular flexibility index (Phi) is 6.62. The van der Waals surface area contributed by atoms with Crippen molar-refractivity contribution in [2.75, 3.05) is 18.2 Å². The molecule has 2 rings (SSSR count). The maximum Gasteiger partial charge on any atom is 0.338 e. The monoisotopic (exact) mass is 409 g/mol. The van der Waals surface area contributed by atoms with Crippen LogP contribution in [-0.4, -0.2) is 33.2 Å². The number of sulfone groups is 1. The molecule has 0 heterocycles. The number of benzene rings is 2. The highest BCUT2D eigenvalue weighted by Crippen LogP contribution is 2.25. The van der Waals surface area contributed by atoms with Crippen LogP contribution in [0.1, 0.15) is 35.7 Å². The normalized spacial score (nSPS) is 11.3. The highest BCUT2D eigenvalue weighted by Gasteiger charge is 2.14. The number of ether oxygens (including phenoxy) is 1. The quantitative estimate of drug-likeness (QED) is 0.735. The molecule has 0 atom stereocenters. The molecule has 2 aromatic rings. The van der Waals surface area contributed by atoms with Crippen molar-refractivity contribution in [3.05, 3.63) is 58.6 Å². The van der Waals surface area contributed by atoms with Crippen molar-refractivity contribution >= 4 is 39.0 Å². The Hall–Kier alpha value is -2.38. The van der Waals surface area contributed by atoms with Crippen molar-refractivity contribution in [1.82, 2.24) is 0 Å². The lowest BCUT2D eigenvalue weighted by Crippen LogP contribution is -2.21. The minimum Gasteiger partial charge on any atom is -0.452 e. The number of hydrogen-bond acceptors (Lipinski definition) is 5. The van der Waals surface area contributed by atoms with Gasteiger partial charge in [0.1, 0.15) is 0 Å². The average molecular weight is 410 g/mol. The van der Waals surface area contributed by atoms with E-state index in [1.54, 1.807) is 12.1 Å². The molecule has 0 spiro atoms. The van der Waals surface area contributed by atoms with Crippen LogP contribution in [0, 0.1) is 0 Å². The summed E-state index contributed by atoms with van der Waals surface area (Å²) in [4.78, 5) is 24.1.